The average molecular weight is 354 g/mol. The normalized spacial score (nSPS) is 13.2. The molecule has 26 heavy (non-hydrogen) atoms. The van der Waals surface area contributed by atoms with E-state index in [-0.39, 0.29) is 31.2 Å². The van der Waals surface area contributed by atoms with E-state index in [1.807, 2.05) is 51.1 Å². The van der Waals surface area contributed by atoms with Crippen molar-refractivity contribution in [3.63, 3.8) is 0 Å². The van der Waals surface area contributed by atoms with Gasteiger partial charge in [0, 0.05) is 5.56 Å². The Morgan fingerprint density at radius 3 is 2.58 bits per heavy atom. The number of hydrogen-bond donors (Lipinski definition) is 2. The molecule has 0 aromatic heterocycles. The molecule has 1 aliphatic rings. The highest BCUT2D eigenvalue weighted by atomic mass is 16.7. The molecule has 0 saturated carbocycles. The molecule has 0 spiro atoms. The van der Waals surface area contributed by atoms with Gasteiger partial charge in [-0.1, -0.05) is 12.1 Å². The molecule has 1 heterocycles. The molecule has 2 aromatic rings. The summed E-state index contributed by atoms with van der Waals surface area (Å²) in [5.74, 6) is 0.853. The third-order valence-electron chi connectivity index (χ3n) is 4.45. The van der Waals surface area contributed by atoms with Crippen LogP contribution in [-0.4, -0.2) is 25.2 Å². The van der Waals surface area contributed by atoms with E-state index in [0.717, 1.165) is 16.7 Å². The molecule has 2 N–H and O–H groups in total. The summed E-state index contributed by atoms with van der Waals surface area (Å²) in [6.07, 6.45) is 0. The molecule has 2 amide bonds. The number of hydrogen-bond acceptors (Lipinski definition) is 4. The number of nitrogens with one attached hydrogen (secondary N) is 2. The van der Waals surface area contributed by atoms with E-state index >= 15 is 0 Å². The van der Waals surface area contributed by atoms with Crippen molar-refractivity contribution >= 4 is 11.8 Å². The number of carbonyl (C=O) groups excluding carboxylic acids is 2. The summed E-state index contributed by atoms with van der Waals surface area (Å²) in [5, 5.41) is 5.51. The second-order valence-corrected chi connectivity index (χ2v) is 6.38. The lowest BCUT2D eigenvalue weighted by Crippen LogP contribution is -2.38. The molecule has 1 unspecified atom stereocenters. The van der Waals surface area contributed by atoms with Crippen molar-refractivity contribution in [3.05, 3.63) is 58.7 Å². The van der Waals surface area contributed by atoms with Crippen LogP contribution in [0, 0.1) is 13.8 Å². The van der Waals surface area contributed by atoms with Crippen LogP contribution in [0.1, 0.15) is 40.0 Å². The number of aryl methyl sites for hydroxylation is 2. The highest BCUT2D eigenvalue weighted by molar-refractivity contribution is 5.96. The predicted octanol–water partition coefficient (Wildman–Crippen LogP) is 2.64. The fraction of sp³-hybridized carbons (Fsp3) is 0.300. The highest BCUT2D eigenvalue weighted by Gasteiger charge is 2.17. The quantitative estimate of drug-likeness (QED) is 0.865. The van der Waals surface area contributed by atoms with Gasteiger partial charge >= 0.3 is 0 Å². The summed E-state index contributed by atoms with van der Waals surface area (Å²) < 4.78 is 10.6. The van der Waals surface area contributed by atoms with Gasteiger partial charge in [-0.25, -0.2) is 0 Å². The SMILES string of the molecule is Cc1ccc(C(=O)NCC(=O)NC(C)c2ccc3c(c2)OCO3)cc1C. The van der Waals surface area contributed by atoms with Gasteiger partial charge in [0.2, 0.25) is 12.7 Å². The van der Waals surface area contributed by atoms with Gasteiger partial charge in [-0.15, -0.1) is 0 Å². The Morgan fingerprint density at radius 1 is 1.04 bits per heavy atom. The molecule has 0 bridgehead atoms. The van der Waals surface area contributed by atoms with E-state index in [2.05, 4.69) is 10.6 Å². The van der Waals surface area contributed by atoms with Gasteiger partial charge in [0.1, 0.15) is 0 Å². The first-order valence-corrected chi connectivity index (χ1v) is 8.48. The number of benzene rings is 2. The standard InChI is InChI=1S/C20H22N2O4/c1-12-4-5-16(8-13(12)2)20(24)21-10-19(23)22-14(3)15-6-7-17-18(9-15)26-11-25-17/h4-9,14H,10-11H2,1-3H3,(H,21,24)(H,22,23). The van der Waals surface area contributed by atoms with E-state index < -0.39 is 0 Å². The molecule has 1 atom stereocenters. The maximum atomic E-state index is 12.2. The summed E-state index contributed by atoms with van der Waals surface area (Å²) in [6, 6.07) is 10.8. The Morgan fingerprint density at radius 2 is 1.81 bits per heavy atom. The number of rotatable bonds is 5. The van der Waals surface area contributed by atoms with Gasteiger partial charge in [0.05, 0.1) is 12.6 Å². The molecule has 136 valence electrons. The zero-order valence-corrected chi connectivity index (χ0v) is 15.1. The van der Waals surface area contributed by atoms with Crippen LogP contribution in [0.5, 0.6) is 11.5 Å². The first-order chi connectivity index (χ1) is 12.4. The molecular formula is C20H22N2O4. The van der Waals surface area contributed by atoms with E-state index in [1.54, 1.807) is 6.07 Å². The van der Waals surface area contributed by atoms with Crippen molar-refractivity contribution in [1.82, 2.24) is 10.6 Å². The number of fused-ring (bicyclic) bond motifs is 1. The lowest BCUT2D eigenvalue weighted by Gasteiger charge is -2.15. The summed E-state index contributed by atoms with van der Waals surface area (Å²) >= 11 is 0. The minimum absolute atomic E-state index is 0.0827. The fourth-order valence-electron chi connectivity index (χ4n) is 2.70. The molecule has 0 radical (unpaired) electrons. The van der Waals surface area contributed by atoms with Crippen LogP contribution < -0.4 is 20.1 Å². The van der Waals surface area contributed by atoms with E-state index in [4.69, 9.17) is 9.47 Å². The highest BCUT2D eigenvalue weighted by Crippen LogP contribution is 2.34. The Balaban J connectivity index is 1.53. The van der Waals surface area contributed by atoms with Crippen LogP contribution in [0.2, 0.25) is 0 Å². The summed E-state index contributed by atoms with van der Waals surface area (Å²) in [4.78, 5) is 24.3. The molecular weight excluding hydrogens is 332 g/mol. The molecule has 0 fully saturated rings. The smallest absolute Gasteiger partial charge is 0.251 e. The molecule has 2 aromatic carbocycles. The minimum atomic E-state index is -0.265. The van der Waals surface area contributed by atoms with Gasteiger partial charge < -0.3 is 20.1 Å². The fourth-order valence-corrected chi connectivity index (χ4v) is 2.70. The van der Waals surface area contributed by atoms with Gasteiger partial charge in [-0.2, -0.15) is 0 Å². The number of carbonyl (C=O) groups is 2. The largest absolute Gasteiger partial charge is 0.454 e. The van der Waals surface area contributed by atoms with Crippen LogP contribution in [0.25, 0.3) is 0 Å². The van der Waals surface area contributed by atoms with Gasteiger partial charge in [-0.05, 0) is 61.7 Å². The van der Waals surface area contributed by atoms with Gasteiger partial charge in [0.25, 0.3) is 5.91 Å². The molecule has 6 nitrogen and oxygen atoms in total. The third kappa shape index (κ3) is 3.96. The van der Waals surface area contributed by atoms with E-state index in [9.17, 15) is 9.59 Å². The first kappa shape index (κ1) is 17.8. The van der Waals surface area contributed by atoms with Crippen LogP contribution in [0.3, 0.4) is 0 Å². The zero-order valence-electron chi connectivity index (χ0n) is 15.1. The first-order valence-electron chi connectivity index (χ1n) is 8.48. The van der Waals surface area contributed by atoms with Crippen molar-refractivity contribution in [3.8, 4) is 11.5 Å². The Bertz CT molecular complexity index is 848. The minimum Gasteiger partial charge on any atom is -0.454 e. The van der Waals surface area contributed by atoms with Crippen molar-refractivity contribution in [2.75, 3.05) is 13.3 Å². The van der Waals surface area contributed by atoms with Crippen molar-refractivity contribution in [2.24, 2.45) is 0 Å². The average Bonchev–Trinajstić information content (AvgIpc) is 3.09. The summed E-state index contributed by atoms with van der Waals surface area (Å²) in [6.45, 7) is 5.94. The van der Waals surface area contributed by atoms with E-state index in [1.165, 1.54) is 0 Å². The zero-order chi connectivity index (χ0) is 18.7. The lowest BCUT2D eigenvalue weighted by molar-refractivity contribution is -0.120. The topological polar surface area (TPSA) is 76.7 Å². The summed E-state index contributed by atoms with van der Waals surface area (Å²) in [5.41, 5.74) is 3.61. The van der Waals surface area contributed by atoms with Crippen LogP contribution in [0.15, 0.2) is 36.4 Å². The molecule has 0 saturated heterocycles. The van der Waals surface area contributed by atoms with Crippen molar-refractivity contribution < 1.29 is 19.1 Å². The number of ether oxygens (including phenoxy) is 2. The Kier molecular flexibility index (Phi) is 5.11. The van der Waals surface area contributed by atoms with Gasteiger partial charge in [-0.3, -0.25) is 9.59 Å². The van der Waals surface area contributed by atoms with Crippen LogP contribution in [0.4, 0.5) is 0 Å². The maximum absolute atomic E-state index is 12.2. The van der Waals surface area contributed by atoms with Crippen LogP contribution in [-0.2, 0) is 4.79 Å². The van der Waals surface area contributed by atoms with Gasteiger partial charge in [0.15, 0.2) is 11.5 Å². The second kappa shape index (κ2) is 7.47. The second-order valence-electron chi connectivity index (χ2n) is 6.38. The molecule has 0 aliphatic carbocycles. The van der Waals surface area contributed by atoms with Crippen LogP contribution >= 0.6 is 0 Å². The molecule has 6 heteroatoms. The van der Waals surface area contributed by atoms with Crippen molar-refractivity contribution in [2.45, 2.75) is 26.8 Å². The maximum Gasteiger partial charge on any atom is 0.251 e. The molecule has 3 rings (SSSR count). The monoisotopic (exact) mass is 354 g/mol. The van der Waals surface area contributed by atoms with E-state index in [0.29, 0.717) is 17.1 Å². The molecule has 1 aliphatic heterocycles. The Hall–Kier alpha value is -3.02. The summed E-state index contributed by atoms with van der Waals surface area (Å²) in [7, 11) is 0. The Labute approximate surface area is 152 Å². The lowest BCUT2D eigenvalue weighted by atomic mass is 10.1. The predicted molar refractivity (Wildman–Crippen MR) is 97.4 cm³/mol. The third-order valence-corrected chi connectivity index (χ3v) is 4.45. The number of amides is 2. The van der Waals surface area contributed by atoms with Crippen molar-refractivity contribution in [1.29, 1.82) is 0 Å².